The van der Waals surface area contributed by atoms with Crippen molar-refractivity contribution in [1.29, 1.82) is 0 Å². The van der Waals surface area contributed by atoms with Crippen molar-refractivity contribution >= 4 is 34.5 Å². The average molecular weight is 473 g/mol. The zero-order chi connectivity index (χ0) is 24.7. The summed E-state index contributed by atoms with van der Waals surface area (Å²) in [6.07, 6.45) is 1.44. The number of piperazine rings is 1. The maximum atomic E-state index is 13.1. The third-order valence-corrected chi connectivity index (χ3v) is 6.39. The zero-order valence-corrected chi connectivity index (χ0v) is 20.0. The Morgan fingerprint density at radius 3 is 2.54 bits per heavy atom. The van der Waals surface area contributed by atoms with Gasteiger partial charge < -0.3 is 20.5 Å². The van der Waals surface area contributed by atoms with Crippen LogP contribution in [0.2, 0.25) is 0 Å². The number of aryl methyl sites for hydroxylation is 2. The maximum absolute atomic E-state index is 13.1. The Kier molecular flexibility index (Phi) is 5.73. The summed E-state index contributed by atoms with van der Waals surface area (Å²) in [6.45, 7) is 7.84. The molecule has 1 fully saturated rings. The molecule has 35 heavy (non-hydrogen) atoms. The zero-order valence-electron chi connectivity index (χ0n) is 20.0. The Morgan fingerprint density at radius 2 is 1.83 bits per heavy atom. The lowest BCUT2D eigenvalue weighted by molar-refractivity contribution is 0.0970. The number of likely N-dealkylation sites (N-methyl/N-ethyl adjacent to an activating group) is 1. The molecule has 180 valence electrons. The van der Waals surface area contributed by atoms with E-state index >= 15 is 0 Å². The summed E-state index contributed by atoms with van der Waals surface area (Å²) in [6, 6.07) is 11.8. The first-order valence-corrected chi connectivity index (χ1v) is 11.5. The molecule has 1 saturated heterocycles. The molecule has 10 nitrogen and oxygen atoms in total. The van der Waals surface area contributed by atoms with E-state index in [4.69, 9.17) is 5.73 Å². The van der Waals surface area contributed by atoms with Crippen molar-refractivity contribution in [3.8, 4) is 5.69 Å². The van der Waals surface area contributed by atoms with Gasteiger partial charge in [0.05, 0.1) is 16.7 Å². The fraction of sp³-hybridized carbons (Fsp3) is 0.280. The molecule has 4 N–H and O–H groups in total. The second-order valence-corrected chi connectivity index (χ2v) is 9.00. The van der Waals surface area contributed by atoms with Crippen LogP contribution in [0, 0.1) is 13.8 Å². The van der Waals surface area contributed by atoms with Gasteiger partial charge in [0, 0.05) is 31.9 Å². The van der Waals surface area contributed by atoms with Crippen molar-refractivity contribution in [3.63, 3.8) is 0 Å². The maximum Gasteiger partial charge on any atom is 0.279 e. The number of carbonyl (C=O) groups excluding carboxylic acids is 2. The van der Waals surface area contributed by atoms with Gasteiger partial charge in [0.1, 0.15) is 12.0 Å². The number of anilines is 2. The molecule has 2 amide bonds. The number of fused-ring (bicyclic) bond motifs is 1. The molecule has 1 aliphatic heterocycles. The first kappa shape index (κ1) is 22.6. The van der Waals surface area contributed by atoms with Crippen molar-refractivity contribution in [2.24, 2.45) is 5.73 Å². The number of nitrogens with zero attached hydrogens (tertiary/aromatic N) is 5. The molecule has 0 radical (unpaired) electrons. The average Bonchev–Trinajstić information content (AvgIpc) is 3.43. The number of aromatic nitrogens is 4. The predicted octanol–water partition coefficient (Wildman–Crippen LogP) is 2.47. The molecule has 0 spiro atoms. The lowest BCUT2D eigenvalue weighted by Gasteiger charge is -2.34. The lowest BCUT2D eigenvalue weighted by Crippen LogP contribution is -2.44. The molecular formula is C25H28N8O2. The van der Waals surface area contributed by atoms with Crippen molar-refractivity contribution in [3.05, 3.63) is 65.2 Å². The number of H-pyrrole nitrogens is 1. The van der Waals surface area contributed by atoms with Gasteiger partial charge >= 0.3 is 0 Å². The van der Waals surface area contributed by atoms with E-state index in [1.807, 2.05) is 50.2 Å². The summed E-state index contributed by atoms with van der Waals surface area (Å²) in [4.78, 5) is 41.9. The predicted molar refractivity (Wildman–Crippen MR) is 135 cm³/mol. The van der Waals surface area contributed by atoms with Crippen molar-refractivity contribution in [1.82, 2.24) is 24.4 Å². The van der Waals surface area contributed by atoms with Gasteiger partial charge in [0.2, 0.25) is 5.95 Å². The first-order chi connectivity index (χ1) is 16.8. The SMILES string of the molecule is Cc1ccc(-n2cnc(C(=O)Nc3nc4cc(N5CCN(C)CC5)ccc4[nH]3)c2C(N)=O)c(C)c1. The number of rotatable bonds is 5. The van der Waals surface area contributed by atoms with Gasteiger partial charge in [-0.15, -0.1) is 0 Å². The van der Waals surface area contributed by atoms with E-state index in [1.165, 1.54) is 6.33 Å². The molecule has 0 aliphatic carbocycles. The van der Waals surface area contributed by atoms with Crippen LogP contribution >= 0.6 is 0 Å². The standard InChI is InChI=1S/C25H28N8O2/c1-15-4-7-20(16(2)12-15)33-14-27-21(22(33)23(26)34)24(35)30-25-28-18-6-5-17(13-19(18)29-25)32-10-8-31(3)9-11-32/h4-7,12-14H,8-11H2,1-3H3,(H2,26,34)(H2,28,29,30,35). The second kappa shape index (κ2) is 8.88. The molecule has 2 aromatic carbocycles. The third kappa shape index (κ3) is 4.35. The highest BCUT2D eigenvalue weighted by Gasteiger charge is 2.24. The number of hydrogen-bond donors (Lipinski definition) is 3. The highest BCUT2D eigenvalue weighted by Crippen LogP contribution is 2.24. The van der Waals surface area contributed by atoms with E-state index in [0.717, 1.165) is 59.7 Å². The normalized spacial score (nSPS) is 14.4. The topological polar surface area (TPSA) is 125 Å². The summed E-state index contributed by atoms with van der Waals surface area (Å²) in [5, 5.41) is 2.73. The van der Waals surface area contributed by atoms with Gasteiger partial charge in [-0.1, -0.05) is 17.7 Å². The Balaban J connectivity index is 1.41. The Labute approximate surface area is 202 Å². The summed E-state index contributed by atoms with van der Waals surface area (Å²) < 4.78 is 1.55. The Hall–Kier alpha value is -4.18. The monoisotopic (exact) mass is 472 g/mol. The van der Waals surface area contributed by atoms with Crippen LogP contribution in [0.15, 0.2) is 42.7 Å². The van der Waals surface area contributed by atoms with E-state index in [1.54, 1.807) is 4.57 Å². The number of nitrogens with two attached hydrogens (primary N) is 1. The number of imidazole rings is 2. The first-order valence-electron chi connectivity index (χ1n) is 11.5. The van der Waals surface area contributed by atoms with Gasteiger partial charge in [-0.25, -0.2) is 9.97 Å². The van der Waals surface area contributed by atoms with Gasteiger partial charge in [0.25, 0.3) is 11.8 Å². The molecule has 5 rings (SSSR count). The molecule has 0 unspecified atom stereocenters. The molecule has 1 aliphatic rings. The lowest BCUT2D eigenvalue weighted by atomic mass is 10.1. The molecule has 3 heterocycles. The number of amides is 2. The Morgan fingerprint density at radius 1 is 1.06 bits per heavy atom. The number of benzene rings is 2. The van der Waals surface area contributed by atoms with E-state index in [2.05, 4.69) is 37.1 Å². The largest absolute Gasteiger partial charge is 0.369 e. The van der Waals surface area contributed by atoms with Gasteiger partial charge in [-0.3, -0.25) is 19.5 Å². The van der Waals surface area contributed by atoms with Crippen LogP contribution in [0.5, 0.6) is 0 Å². The molecule has 0 bridgehead atoms. The van der Waals surface area contributed by atoms with E-state index in [-0.39, 0.29) is 17.3 Å². The van der Waals surface area contributed by atoms with E-state index in [9.17, 15) is 9.59 Å². The molecule has 2 aromatic heterocycles. The van der Waals surface area contributed by atoms with Gasteiger partial charge in [-0.2, -0.15) is 0 Å². The van der Waals surface area contributed by atoms with Gasteiger partial charge in [0.15, 0.2) is 5.69 Å². The molecular weight excluding hydrogens is 444 g/mol. The van der Waals surface area contributed by atoms with Crippen LogP contribution in [-0.4, -0.2) is 69.5 Å². The molecule has 10 heteroatoms. The minimum atomic E-state index is -0.742. The summed E-state index contributed by atoms with van der Waals surface area (Å²) in [7, 11) is 2.12. The number of hydrogen-bond acceptors (Lipinski definition) is 6. The third-order valence-electron chi connectivity index (χ3n) is 6.39. The molecule has 0 atom stereocenters. The van der Waals surface area contributed by atoms with Gasteiger partial charge in [-0.05, 0) is 50.7 Å². The van der Waals surface area contributed by atoms with Crippen molar-refractivity contribution < 1.29 is 9.59 Å². The smallest absolute Gasteiger partial charge is 0.279 e. The quantitative estimate of drug-likeness (QED) is 0.410. The fourth-order valence-electron chi connectivity index (χ4n) is 4.49. The Bertz CT molecular complexity index is 1430. The van der Waals surface area contributed by atoms with Crippen molar-refractivity contribution in [2.45, 2.75) is 13.8 Å². The minimum Gasteiger partial charge on any atom is -0.369 e. The van der Waals surface area contributed by atoms with E-state index in [0.29, 0.717) is 0 Å². The van der Waals surface area contributed by atoms with Crippen LogP contribution in [0.25, 0.3) is 16.7 Å². The second-order valence-electron chi connectivity index (χ2n) is 9.00. The summed E-state index contributed by atoms with van der Waals surface area (Å²) in [5.41, 5.74) is 11.0. The fourth-order valence-corrected chi connectivity index (χ4v) is 4.49. The highest BCUT2D eigenvalue weighted by molar-refractivity contribution is 6.10. The van der Waals surface area contributed by atoms with Crippen LogP contribution in [0.3, 0.4) is 0 Å². The van der Waals surface area contributed by atoms with Crippen LogP contribution in [0.4, 0.5) is 11.6 Å². The number of nitrogens with one attached hydrogen (secondary N) is 2. The number of primary amides is 1. The summed E-state index contributed by atoms with van der Waals surface area (Å²) >= 11 is 0. The molecule has 0 saturated carbocycles. The van der Waals surface area contributed by atoms with Crippen molar-refractivity contribution in [2.75, 3.05) is 43.4 Å². The van der Waals surface area contributed by atoms with Crippen LogP contribution in [-0.2, 0) is 0 Å². The summed E-state index contributed by atoms with van der Waals surface area (Å²) in [5.74, 6) is -1.04. The number of aromatic amines is 1. The highest BCUT2D eigenvalue weighted by atomic mass is 16.2. The minimum absolute atomic E-state index is 0.0166. The van der Waals surface area contributed by atoms with Crippen LogP contribution < -0.4 is 16.0 Å². The number of carbonyl (C=O) groups is 2. The molecule has 4 aromatic rings. The van der Waals surface area contributed by atoms with E-state index < -0.39 is 11.8 Å². The van der Waals surface area contributed by atoms with Crippen LogP contribution in [0.1, 0.15) is 32.1 Å².